The number of hydrogen-bond donors (Lipinski definition) is 3. The maximum absolute atomic E-state index is 12.7. The Labute approximate surface area is 122 Å². The number of rotatable bonds is 4. The van der Waals surface area contributed by atoms with Crippen LogP contribution in [-0.4, -0.2) is 39.9 Å². The van der Waals surface area contributed by atoms with Gasteiger partial charge in [-0.25, -0.2) is 0 Å². The fourth-order valence-electron chi connectivity index (χ4n) is 2.56. The van der Waals surface area contributed by atoms with Crippen molar-refractivity contribution >= 4 is 17.4 Å². The number of amides is 1. The van der Waals surface area contributed by atoms with Crippen LogP contribution in [0.5, 0.6) is 0 Å². The Morgan fingerprint density at radius 1 is 1.62 bits per heavy atom. The largest absolute Gasteiger partial charge is 0.409 e. The summed E-state index contributed by atoms with van der Waals surface area (Å²) in [7, 11) is 1.79. The van der Waals surface area contributed by atoms with Crippen LogP contribution in [-0.2, 0) is 23.0 Å². The van der Waals surface area contributed by atoms with E-state index in [0.29, 0.717) is 38.2 Å². The van der Waals surface area contributed by atoms with Crippen molar-refractivity contribution in [1.29, 1.82) is 0 Å². The van der Waals surface area contributed by atoms with Gasteiger partial charge in [0, 0.05) is 26.5 Å². The van der Waals surface area contributed by atoms with Gasteiger partial charge in [-0.1, -0.05) is 12.1 Å². The standard InChI is InChI=1S/C13H21N5O3/c1-3-9-10(8-18(2)16-9)15-12(19)13(11(14)17-20)4-6-21-7-5-13/h8,20H,3-7H2,1-2H3,(H2,14,17)(H,15,19). The minimum absolute atomic E-state index is 0.0785. The van der Waals surface area contributed by atoms with E-state index in [1.54, 1.807) is 17.9 Å². The van der Waals surface area contributed by atoms with Gasteiger partial charge in [0.05, 0.1) is 11.4 Å². The summed E-state index contributed by atoms with van der Waals surface area (Å²) in [4.78, 5) is 12.7. The van der Waals surface area contributed by atoms with Gasteiger partial charge in [-0.15, -0.1) is 0 Å². The predicted molar refractivity (Wildman–Crippen MR) is 77.1 cm³/mol. The minimum atomic E-state index is -1.03. The number of carbonyl (C=O) groups excluding carboxylic acids is 1. The molecule has 0 atom stereocenters. The molecule has 1 aromatic heterocycles. The third kappa shape index (κ3) is 2.85. The van der Waals surface area contributed by atoms with Crippen molar-refractivity contribution in [3.63, 3.8) is 0 Å². The van der Waals surface area contributed by atoms with E-state index >= 15 is 0 Å². The van der Waals surface area contributed by atoms with Crippen molar-refractivity contribution in [3.8, 4) is 0 Å². The number of aromatic nitrogens is 2. The van der Waals surface area contributed by atoms with Gasteiger partial charge in [0.1, 0.15) is 5.41 Å². The number of nitrogens with two attached hydrogens (primary N) is 1. The first kappa shape index (κ1) is 15.3. The second kappa shape index (κ2) is 6.13. The zero-order valence-electron chi connectivity index (χ0n) is 12.3. The molecule has 0 spiro atoms. The fourth-order valence-corrected chi connectivity index (χ4v) is 2.56. The molecule has 0 radical (unpaired) electrons. The highest BCUT2D eigenvalue weighted by Crippen LogP contribution is 2.32. The number of nitrogens with one attached hydrogen (secondary N) is 1. The predicted octanol–water partition coefficient (Wildman–Crippen LogP) is 0.464. The summed E-state index contributed by atoms with van der Waals surface area (Å²) in [5, 5.41) is 19.2. The Morgan fingerprint density at radius 3 is 2.86 bits per heavy atom. The van der Waals surface area contributed by atoms with Crippen molar-refractivity contribution in [2.75, 3.05) is 18.5 Å². The van der Waals surface area contributed by atoms with Crippen molar-refractivity contribution in [1.82, 2.24) is 9.78 Å². The molecule has 116 valence electrons. The van der Waals surface area contributed by atoms with E-state index in [9.17, 15) is 4.79 Å². The summed E-state index contributed by atoms with van der Waals surface area (Å²) < 4.78 is 6.93. The van der Waals surface area contributed by atoms with E-state index in [-0.39, 0.29) is 11.7 Å². The normalized spacial score (nSPS) is 18.5. The van der Waals surface area contributed by atoms with Gasteiger partial charge in [-0.2, -0.15) is 5.10 Å². The molecule has 0 aromatic carbocycles. The van der Waals surface area contributed by atoms with Crippen LogP contribution in [0.2, 0.25) is 0 Å². The highest BCUT2D eigenvalue weighted by molar-refractivity contribution is 6.12. The lowest BCUT2D eigenvalue weighted by atomic mass is 9.78. The average molecular weight is 295 g/mol. The molecule has 1 amide bonds. The molecule has 21 heavy (non-hydrogen) atoms. The van der Waals surface area contributed by atoms with E-state index < -0.39 is 5.41 Å². The second-order valence-corrected chi connectivity index (χ2v) is 5.15. The van der Waals surface area contributed by atoms with Gasteiger partial charge in [0.25, 0.3) is 0 Å². The van der Waals surface area contributed by atoms with Crippen LogP contribution in [0, 0.1) is 5.41 Å². The number of nitrogens with zero attached hydrogens (tertiary/aromatic N) is 3. The lowest BCUT2D eigenvalue weighted by molar-refractivity contribution is -0.126. The topological polar surface area (TPSA) is 115 Å². The number of anilines is 1. The van der Waals surface area contributed by atoms with Crippen molar-refractivity contribution in [2.24, 2.45) is 23.4 Å². The summed E-state index contributed by atoms with van der Waals surface area (Å²) >= 11 is 0. The highest BCUT2D eigenvalue weighted by Gasteiger charge is 2.44. The Balaban J connectivity index is 2.26. The molecular weight excluding hydrogens is 274 g/mol. The molecule has 4 N–H and O–H groups in total. The number of amidine groups is 1. The average Bonchev–Trinajstić information content (AvgIpc) is 2.86. The van der Waals surface area contributed by atoms with Crippen LogP contribution in [0.4, 0.5) is 5.69 Å². The molecule has 1 aliphatic rings. The van der Waals surface area contributed by atoms with Gasteiger partial charge in [-0.05, 0) is 19.3 Å². The fraction of sp³-hybridized carbons (Fsp3) is 0.615. The van der Waals surface area contributed by atoms with Gasteiger partial charge in [0.15, 0.2) is 5.84 Å². The van der Waals surface area contributed by atoms with Gasteiger partial charge < -0.3 is 21.0 Å². The summed E-state index contributed by atoms with van der Waals surface area (Å²) in [6.45, 7) is 2.76. The number of carbonyl (C=O) groups is 1. The molecular formula is C13H21N5O3. The maximum Gasteiger partial charge on any atom is 0.238 e. The third-order valence-electron chi connectivity index (χ3n) is 3.87. The molecule has 0 bridgehead atoms. The molecule has 0 unspecified atom stereocenters. The summed E-state index contributed by atoms with van der Waals surface area (Å²) in [5.41, 5.74) is 6.19. The Morgan fingerprint density at radius 2 is 2.29 bits per heavy atom. The first-order valence-corrected chi connectivity index (χ1v) is 6.93. The minimum Gasteiger partial charge on any atom is -0.409 e. The molecule has 1 fully saturated rings. The molecule has 0 saturated carbocycles. The lowest BCUT2D eigenvalue weighted by Crippen LogP contribution is -2.50. The summed E-state index contributed by atoms with van der Waals surface area (Å²) in [5.74, 6) is -0.367. The number of hydrogen-bond acceptors (Lipinski definition) is 5. The van der Waals surface area contributed by atoms with Crippen molar-refractivity contribution in [3.05, 3.63) is 11.9 Å². The third-order valence-corrected chi connectivity index (χ3v) is 3.87. The van der Waals surface area contributed by atoms with Crippen LogP contribution in [0.25, 0.3) is 0 Å². The van der Waals surface area contributed by atoms with Crippen LogP contribution >= 0.6 is 0 Å². The highest BCUT2D eigenvalue weighted by atomic mass is 16.5. The van der Waals surface area contributed by atoms with Crippen LogP contribution in [0.15, 0.2) is 11.4 Å². The summed E-state index contributed by atoms with van der Waals surface area (Å²) in [6.07, 6.45) is 3.22. The molecule has 1 aliphatic heterocycles. The summed E-state index contributed by atoms with van der Waals surface area (Å²) in [6, 6.07) is 0. The molecule has 1 aromatic rings. The monoisotopic (exact) mass is 295 g/mol. The Kier molecular flexibility index (Phi) is 4.46. The van der Waals surface area contributed by atoms with E-state index in [1.807, 2.05) is 6.92 Å². The van der Waals surface area contributed by atoms with Crippen LogP contribution in [0.1, 0.15) is 25.5 Å². The van der Waals surface area contributed by atoms with E-state index in [0.717, 1.165) is 5.69 Å². The first-order valence-electron chi connectivity index (χ1n) is 6.93. The number of ether oxygens (including phenoxy) is 1. The SMILES string of the molecule is CCc1nn(C)cc1NC(=O)C1(/C(N)=N/O)CCOCC1. The maximum atomic E-state index is 12.7. The number of aryl methyl sites for hydroxylation is 2. The van der Waals surface area contributed by atoms with Crippen molar-refractivity contribution in [2.45, 2.75) is 26.2 Å². The van der Waals surface area contributed by atoms with Gasteiger partial charge in [-0.3, -0.25) is 9.48 Å². The van der Waals surface area contributed by atoms with E-state index in [2.05, 4.69) is 15.6 Å². The zero-order chi connectivity index (χ0) is 15.5. The molecule has 8 nitrogen and oxygen atoms in total. The Hall–Kier alpha value is -2.09. The smallest absolute Gasteiger partial charge is 0.238 e. The zero-order valence-corrected chi connectivity index (χ0v) is 12.3. The lowest BCUT2D eigenvalue weighted by Gasteiger charge is -2.34. The Bertz CT molecular complexity index is 546. The van der Waals surface area contributed by atoms with Gasteiger partial charge in [0.2, 0.25) is 5.91 Å². The molecule has 2 rings (SSSR count). The first-order chi connectivity index (χ1) is 10.0. The molecule has 1 saturated heterocycles. The van der Waals surface area contributed by atoms with E-state index in [4.69, 9.17) is 15.7 Å². The van der Waals surface area contributed by atoms with E-state index in [1.165, 1.54) is 0 Å². The van der Waals surface area contributed by atoms with Crippen molar-refractivity contribution < 1.29 is 14.7 Å². The second-order valence-electron chi connectivity index (χ2n) is 5.15. The quantitative estimate of drug-likeness (QED) is 0.323. The van der Waals surface area contributed by atoms with Crippen LogP contribution < -0.4 is 11.1 Å². The van der Waals surface area contributed by atoms with Gasteiger partial charge >= 0.3 is 0 Å². The number of oxime groups is 1. The molecule has 8 heteroatoms. The van der Waals surface area contributed by atoms with Crippen LogP contribution in [0.3, 0.4) is 0 Å². The molecule has 2 heterocycles. The molecule has 0 aliphatic carbocycles.